The van der Waals surface area contributed by atoms with Crippen molar-refractivity contribution in [1.82, 2.24) is 10.2 Å². The van der Waals surface area contributed by atoms with Crippen LogP contribution in [0.4, 0.5) is 0 Å². The van der Waals surface area contributed by atoms with Crippen LogP contribution in [0.25, 0.3) is 0 Å². The number of hydrogen-bond acceptors (Lipinski definition) is 4. The molecule has 2 atom stereocenters. The highest BCUT2D eigenvalue weighted by molar-refractivity contribution is 7.10. The molecule has 5 nitrogen and oxygen atoms in total. The van der Waals surface area contributed by atoms with Crippen molar-refractivity contribution in [3.63, 3.8) is 0 Å². The van der Waals surface area contributed by atoms with Crippen LogP contribution in [-0.4, -0.2) is 43.7 Å². The topological polar surface area (TPSA) is 50.0 Å². The fourth-order valence-electron chi connectivity index (χ4n) is 3.85. The van der Waals surface area contributed by atoms with E-state index >= 15 is 0 Å². The molecule has 0 saturated carbocycles. The minimum absolute atomic E-state index is 0.258. The highest BCUT2D eigenvalue weighted by atomic mass is 32.1. The van der Waals surface area contributed by atoms with Crippen LogP contribution < -0.4 is 5.32 Å². The van der Waals surface area contributed by atoms with E-state index in [1.807, 2.05) is 12.1 Å². The van der Waals surface area contributed by atoms with Crippen molar-refractivity contribution >= 4 is 17.3 Å². The lowest BCUT2D eigenvalue weighted by Gasteiger charge is -2.27. The Morgan fingerprint density at radius 1 is 1.38 bits per heavy atom. The Bertz CT molecular complexity index is 706. The summed E-state index contributed by atoms with van der Waals surface area (Å²) in [4.78, 5) is 8.67. The van der Waals surface area contributed by atoms with Gasteiger partial charge in [-0.3, -0.25) is 4.99 Å². The van der Waals surface area contributed by atoms with Crippen LogP contribution in [-0.2, 0) is 11.2 Å². The number of nitrogens with one attached hydrogen (secondary N) is 1. The molecule has 1 N–H and O–H groups in total. The van der Waals surface area contributed by atoms with E-state index < -0.39 is 0 Å². The molecule has 2 unspecified atom stereocenters. The maximum absolute atomic E-state index is 5.68. The summed E-state index contributed by atoms with van der Waals surface area (Å²) in [5.74, 6) is 2.00. The summed E-state index contributed by atoms with van der Waals surface area (Å²) in [5.41, 5.74) is 0.329. The maximum atomic E-state index is 5.68. The standard InChI is InChI=1S/C20H27N3O2S/c1-16(18-5-3-13-26-18)22-19(21-9-6-17-4-2-11-25-17)23-10-7-20(14-23)8-12-24-15-20/h2-5,11,13,16H,6-10,12,14-15H2,1H3,(H,21,22). The number of rotatable bonds is 5. The number of ether oxygens (including phenoxy) is 1. The SMILES string of the molecule is CC(NC(=NCCc1ccco1)N1CCC2(CCOC2)C1)c1cccs1. The zero-order valence-corrected chi connectivity index (χ0v) is 16.1. The molecule has 2 aromatic rings. The molecule has 0 amide bonds. The molecule has 0 aliphatic carbocycles. The number of thiophene rings is 1. The van der Waals surface area contributed by atoms with Gasteiger partial charge in [0.15, 0.2) is 5.96 Å². The third kappa shape index (κ3) is 3.96. The third-order valence-corrected chi connectivity index (χ3v) is 6.49. The molecule has 0 bridgehead atoms. The van der Waals surface area contributed by atoms with Gasteiger partial charge in [-0.1, -0.05) is 6.07 Å². The number of guanidine groups is 1. The van der Waals surface area contributed by atoms with Gasteiger partial charge in [0.2, 0.25) is 0 Å². The summed E-state index contributed by atoms with van der Waals surface area (Å²) < 4.78 is 11.1. The Kier molecular flexibility index (Phi) is 5.31. The Morgan fingerprint density at radius 3 is 3.08 bits per heavy atom. The van der Waals surface area contributed by atoms with Crippen LogP contribution >= 0.6 is 11.3 Å². The number of nitrogens with zero attached hydrogens (tertiary/aromatic N) is 2. The van der Waals surface area contributed by atoms with Crippen LogP contribution in [0.3, 0.4) is 0 Å². The highest BCUT2D eigenvalue weighted by Crippen LogP contribution is 2.38. The molecule has 2 fully saturated rings. The van der Waals surface area contributed by atoms with Crippen molar-refractivity contribution in [2.75, 3.05) is 32.8 Å². The van der Waals surface area contributed by atoms with Gasteiger partial charge in [0, 0.05) is 43.0 Å². The lowest BCUT2D eigenvalue weighted by Crippen LogP contribution is -2.42. The average Bonchev–Trinajstić information content (AvgIpc) is 3.44. The molecule has 0 aromatic carbocycles. The van der Waals surface area contributed by atoms with Gasteiger partial charge in [0.05, 0.1) is 18.9 Å². The molecule has 0 radical (unpaired) electrons. The summed E-state index contributed by atoms with van der Waals surface area (Å²) in [6.07, 6.45) is 4.91. The van der Waals surface area contributed by atoms with Crippen LogP contribution in [0.1, 0.15) is 36.4 Å². The molecule has 4 rings (SSSR count). The Morgan fingerprint density at radius 2 is 2.35 bits per heavy atom. The van der Waals surface area contributed by atoms with Gasteiger partial charge in [-0.25, -0.2) is 0 Å². The minimum atomic E-state index is 0.258. The van der Waals surface area contributed by atoms with E-state index in [0.717, 1.165) is 51.0 Å². The Hall–Kier alpha value is -1.79. The predicted octanol–water partition coefficient (Wildman–Crippen LogP) is 3.70. The van der Waals surface area contributed by atoms with Gasteiger partial charge in [-0.15, -0.1) is 11.3 Å². The molecule has 26 heavy (non-hydrogen) atoms. The molecular formula is C20H27N3O2S. The smallest absolute Gasteiger partial charge is 0.194 e. The first-order valence-corrected chi connectivity index (χ1v) is 10.3. The number of likely N-dealkylation sites (tertiary alicyclic amines) is 1. The summed E-state index contributed by atoms with van der Waals surface area (Å²) >= 11 is 1.79. The van der Waals surface area contributed by atoms with E-state index in [2.05, 4.69) is 34.7 Å². The third-order valence-electron chi connectivity index (χ3n) is 5.44. The fraction of sp³-hybridized carbons (Fsp3) is 0.550. The number of aliphatic imine (C=N–C) groups is 1. The molecule has 2 aromatic heterocycles. The van der Waals surface area contributed by atoms with Gasteiger partial charge in [0.1, 0.15) is 5.76 Å². The largest absolute Gasteiger partial charge is 0.469 e. The summed E-state index contributed by atoms with van der Waals surface area (Å²) in [6, 6.07) is 8.48. The van der Waals surface area contributed by atoms with Crippen LogP contribution in [0.15, 0.2) is 45.3 Å². The molecule has 2 saturated heterocycles. The van der Waals surface area contributed by atoms with Crippen molar-refractivity contribution < 1.29 is 9.15 Å². The quantitative estimate of drug-likeness (QED) is 0.641. The predicted molar refractivity (Wildman–Crippen MR) is 105 cm³/mol. The van der Waals surface area contributed by atoms with Crippen LogP contribution in [0.5, 0.6) is 0 Å². The second kappa shape index (κ2) is 7.84. The molecule has 2 aliphatic rings. The molecule has 6 heteroatoms. The van der Waals surface area contributed by atoms with Gasteiger partial charge in [-0.2, -0.15) is 0 Å². The first-order valence-electron chi connectivity index (χ1n) is 9.44. The van der Waals surface area contributed by atoms with E-state index in [0.29, 0.717) is 5.41 Å². The zero-order valence-electron chi connectivity index (χ0n) is 15.3. The average molecular weight is 374 g/mol. The van der Waals surface area contributed by atoms with Crippen molar-refractivity contribution in [1.29, 1.82) is 0 Å². The lowest BCUT2D eigenvalue weighted by molar-refractivity contribution is 0.156. The normalized spacial score (nSPS) is 24.5. The van der Waals surface area contributed by atoms with Gasteiger partial charge in [0.25, 0.3) is 0 Å². The molecular weight excluding hydrogens is 346 g/mol. The van der Waals surface area contributed by atoms with Crippen molar-refractivity contribution in [2.24, 2.45) is 10.4 Å². The number of hydrogen-bond donors (Lipinski definition) is 1. The molecule has 140 valence electrons. The van der Waals surface area contributed by atoms with Crippen LogP contribution in [0.2, 0.25) is 0 Å². The van der Waals surface area contributed by atoms with Crippen molar-refractivity contribution in [3.05, 3.63) is 46.5 Å². The summed E-state index contributed by atoms with van der Waals surface area (Å²) in [6.45, 7) is 6.82. The second-order valence-corrected chi connectivity index (χ2v) is 8.37. The highest BCUT2D eigenvalue weighted by Gasteiger charge is 2.42. The van der Waals surface area contributed by atoms with Gasteiger partial charge >= 0.3 is 0 Å². The second-order valence-electron chi connectivity index (χ2n) is 7.39. The summed E-state index contributed by atoms with van der Waals surface area (Å²) in [7, 11) is 0. The molecule has 4 heterocycles. The van der Waals surface area contributed by atoms with Gasteiger partial charge < -0.3 is 19.4 Å². The molecule has 1 spiro atoms. The maximum Gasteiger partial charge on any atom is 0.194 e. The van der Waals surface area contributed by atoms with E-state index in [1.54, 1.807) is 17.6 Å². The van der Waals surface area contributed by atoms with E-state index in [-0.39, 0.29) is 6.04 Å². The van der Waals surface area contributed by atoms with E-state index in [9.17, 15) is 0 Å². The fourth-order valence-corrected chi connectivity index (χ4v) is 4.59. The lowest BCUT2D eigenvalue weighted by atomic mass is 9.87. The first kappa shape index (κ1) is 17.6. The Balaban J connectivity index is 1.45. The van der Waals surface area contributed by atoms with Crippen molar-refractivity contribution in [2.45, 2.75) is 32.2 Å². The zero-order chi connectivity index (χ0) is 17.8. The van der Waals surface area contributed by atoms with Crippen LogP contribution in [0, 0.1) is 5.41 Å². The number of furan rings is 1. The van der Waals surface area contributed by atoms with E-state index in [1.165, 1.54) is 17.7 Å². The first-order chi connectivity index (χ1) is 12.7. The Labute approximate surface area is 159 Å². The summed E-state index contributed by atoms with van der Waals surface area (Å²) in [5, 5.41) is 5.79. The van der Waals surface area contributed by atoms with Crippen molar-refractivity contribution in [3.8, 4) is 0 Å². The monoisotopic (exact) mass is 373 g/mol. The molecule has 2 aliphatic heterocycles. The van der Waals surface area contributed by atoms with E-state index in [4.69, 9.17) is 14.1 Å². The van der Waals surface area contributed by atoms with Gasteiger partial charge in [-0.05, 0) is 43.3 Å². The minimum Gasteiger partial charge on any atom is -0.469 e.